The van der Waals surface area contributed by atoms with Crippen molar-refractivity contribution in [2.75, 3.05) is 7.11 Å². The van der Waals surface area contributed by atoms with Gasteiger partial charge in [-0.1, -0.05) is 36.4 Å². The maximum absolute atomic E-state index is 12.3. The van der Waals surface area contributed by atoms with Gasteiger partial charge in [0.2, 0.25) is 0 Å². The predicted octanol–water partition coefficient (Wildman–Crippen LogP) is 3.90. The van der Waals surface area contributed by atoms with Crippen LogP contribution in [0.3, 0.4) is 0 Å². The zero-order chi connectivity index (χ0) is 18.5. The lowest BCUT2D eigenvalue weighted by Crippen LogP contribution is -2.11. The number of nitrogens with zero attached hydrogens (tertiary/aromatic N) is 1. The lowest BCUT2D eigenvalue weighted by atomic mass is 10.0. The van der Waals surface area contributed by atoms with Crippen molar-refractivity contribution in [1.82, 2.24) is 0 Å². The molecule has 1 aliphatic carbocycles. The Labute approximate surface area is 154 Å². The molecule has 0 fully saturated rings. The van der Waals surface area contributed by atoms with Crippen molar-refractivity contribution >= 4 is 33.9 Å². The summed E-state index contributed by atoms with van der Waals surface area (Å²) in [5.74, 6) is 0.214. The highest BCUT2D eigenvalue weighted by atomic mass is 16.5. The van der Waals surface area contributed by atoms with E-state index in [1.807, 2.05) is 60.7 Å². The molecule has 0 saturated heterocycles. The van der Waals surface area contributed by atoms with Gasteiger partial charge in [0.15, 0.2) is 0 Å². The van der Waals surface area contributed by atoms with Gasteiger partial charge in [0.1, 0.15) is 17.1 Å². The molecule has 5 rings (SSSR count). The van der Waals surface area contributed by atoms with Gasteiger partial charge in [-0.15, -0.1) is 0 Å². The first-order valence-corrected chi connectivity index (χ1v) is 8.44. The zero-order valence-corrected chi connectivity index (χ0v) is 14.4. The van der Waals surface area contributed by atoms with Gasteiger partial charge in [0, 0.05) is 21.9 Å². The molecule has 0 saturated carbocycles. The first-order valence-electron chi connectivity index (χ1n) is 8.44. The summed E-state index contributed by atoms with van der Waals surface area (Å²) in [7, 11) is 1.26. The Bertz CT molecular complexity index is 1210. The van der Waals surface area contributed by atoms with Crippen LogP contribution in [0.4, 0.5) is 0 Å². The van der Waals surface area contributed by atoms with Gasteiger partial charge < -0.3 is 9.47 Å². The van der Waals surface area contributed by atoms with Crippen LogP contribution >= 0.6 is 0 Å². The Kier molecular flexibility index (Phi) is 3.24. The van der Waals surface area contributed by atoms with E-state index in [0.717, 1.165) is 27.6 Å². The van der Waals surface area contributed by atoms with Crippen LogP contribution in [0.1, 0.15) is 11.1 Å². The molecule has 130 valence electrons. The number of rotatable bonds is 3. The van der Waals surface area contributed by atoms with Crippen LogP contribution in [0.15, 0.2) is 71.2 Å². The number of ether oxygens (including phenoxy) is 2. The Morgan fingerprint density at radius 2 is 1.74 bits per heavy atom. The van der Waals surface area contributed by atoms with Crippen LogP contribution in [0.5, 0.6) is 11.5 Å². The topological polar surface area (TPSA) is 65.0 Å². The summed E-state index contributed by atoms with van der Waals surface area (Å²) in [6.45, 7) is 0. The average molecular weight is 355 g/mol. The van der Waals surface area contributed by atoms with Gasteiger partial charge in [-0.25, -0.2) is 9.79 Å². The van der Waals surface area contributed by atoms with E-state index in [-0.39, 0.29) is 5.57 Å². The number of esters is 1. The summed E-state index contributed by atoms with van der Waals surface area (Å²) >= 11 is 0. The molecule has 0 radical (unpaired) electrons. The standard InChI is InChI=1S/C22H13NO4/c1-26-22(25)19-18-14-10-11-16(27-12-6-3-2-4-7-12)13-8-5-9-15(17(13)14)20(18)23-21(19)24/h2-11H,1H3. The van der Waals surface area contributed by atoms with Crippen LogP contribution in [0.25, 0.3) is 16.3 Å². The SMILES string of the molecule is COC(=O)C1=C2C(=NC1=O)c1cccc3c(Oc4ccccc4)ccc2c13. The third-order valence-electron chi connectivity index (χ3n) is 4.80. The second kappa shape index (κ2) is 5.64. The summed E-state index contributed by atoms with van der Waals surface area (Å²) in [6.07, 6.45) is 0. The van der Waals surface area contributed by atoms with E-state index >= 15 is 0 Å². The number of fused-ring (bicyclic) bond motifs is 3. The Hall–Kier alpha value is -3.73. The summed E-state index contributed by atoms with van der Waals surface area (Å²) in [5.41, 5.74) is 2.68. The lowest BCUT2D eigenvalue weighted by molar-refractivity contribution is -0.137. The molecule has 3 aromatic rings. The lowest BCUT2D eigenvalue weighted by Gasteiger charge is -2.11. The molecule has 0 unspecified atom stereocenters. The van der Waals surface area contributed by atoms with Crippen molar-refractivity contribution in [1.29, 1.82) is 0 Å². The Balaban J connectivity index is 1.75. The van der Waals surface area contributed by atoms with Crippen LogP contribution in [0, 0.1) is 0 Å². The first kappa shape index (κ1) is 15.5. The second-order valence-electron chi connectivity index (χ2n) is 6.26. The fourth-order valence-corrected chi connectivity index (χ4v) is 3.68. The number of carbonyl (C=O) groups excluding carboxylic acids is 2. The molecule has 0 spiro atoms. The number of aliphatic imine (C=N–C) groups is 1. The highest BCUT2D eigenvalue weighted by Gasteiger charge is 2.39. The fraction of sp³-hybridized carbons (Fsp3) is 0.0455. The van der Waals surface area contributed by atoms with Crippen LogP contribution in [0.2, 0.25) is 0 Å². The summed E-state index contributed by atoms with van der Waals surface area (Å²) in [5, 5.41) is 1.82. The van der Waals surface area contributed by atoms with E-state index in [2.05, 4.69) is 4.99 Å². The smallest absolute Gasteiger partial charge is 0.344 e. The Morgan fingerprint density at radius 3 is 2.52 bits per heavy atom. The summed E-state index contributed by atoms with van der Waals surface area (Å²) < 4.78 is 10.8. The zero-order valence-electron chi connectivity index (χ0n) is 14.4. The van der Waals surface area contributed by atoms with Crippen molar-refractivity contribution in [3.8, 4) is 11.5 Å². The van der Waals surface area contributed by atoms with Crippen LogP contribution < -0.4 is 4.74 Å². The highest BCUT2D eigenvalue weighted by Crippen LogP contribution is 2.46. The number of allylic oxidation sites excluding steroid dienone is 1. The van der Waals surface area contributed by atoms with Gasteiger partial charge in [-0.05, 0) is 29.8 Å². The molecular formula is C22H13NO4. The Morgan fingerprint density at radius 1 is 0.926 bits per heavy atom. The highest BCUT2D eigenvalue weighted by molar-refractivity contribution is 6.53. The molecule has 5 nitrogen and oxygen atoms in total. The molecule has 3 aromatic carbocycles. The van der Waals surface area contributed by atoms with E-state index < -0.39 is 11.9 Å². The summed E-state index contributed by atoms with van der Waals surface area (Å²) in [4.78, 5) is 28.5. The molecule has 27 heavy (non-hydrogen) atoms. The number of hydrogen-bond donors (Lipinski definition) is 0. The molecule has 0 bridgehead atoms. The van der Waals surface area contributed by atoms with E-state index in [0.29, 0.717) is 17.0 Å². The van der Waals surface area contributed by atoms with Crippen molar-refractivity contribution in [3.63, 3.8) is 0 Å². The minimum atomic E-state index is -0.667. The van der Waals surface area contributed by atoms with E-state index in [4.69, 9.17) is 9.47 Å². The largest absolute Gasteiger partial charge is 0.465 e. The van der Waals surface area contributed by atoms with Gasteiger partial charge in [-0.2, -0.15) is 0 Å². The van der Waals surface area contributed by atoms with Crippen molar-refractivity contribution in [2.45, 2.75) is 0 Å². The quantitative estimate of drug-likeness (QED) is 0.528. The molecule has 2 aliphatic rings. The number of benzene rings is 3. The van der Waals surface area contributed by atoms with Gasteiger partial charge in [-0.3, -0.25) is 4.79 Å². The third-order valence-corrected chi connectivity index (χ3v) is 4.80. The van der Waals surface area contributed by atoms with Gasteiger partial charge in [0.05, 0.1) is 12.8 Å². The van der Waals surface area contributed by atoms with E-state index in [1.54, 1.807) is 0 Å². The molecular weight excluding hydrogens is 342 g/mol. The molecule has 1 aliphatic heterocycles. The van der Waals surface area contributed by atoms with Gasteiger partial charge >= 0.3 is 5.97 Å². The molecule has 1 amide bonds. The van der Waals surface area contributed by atoms with Crippen molar-refractivity contribution in [3.05, 3.63) is 77.4 Å². The molecule has 0 N–H and O–H groups in total. The molecule has 0 atom stereocenters. The third kappa shape index (κ3) is 2.15. The van der Waals surface area contributed by atoms with E-state index in [1.165, 1.54) is 7.11 Å². The van der Waals surface area contributed by atoms with Gasteiger partial charge in [0.25, 0.3) is 5.91 Å². The van der Waals surface area contributed by atoms with Crippen LogP contribution in [-0.4, -0.2) is 24.7 Å². The second-order valence-corrected chi connectivity index (χ2v) is 6.26. The number of amides is 1. The number of methoxy groups -OCH3 is 1. The predicted molar refractivity (Wildman–Crippen MR) is 101 cm³/mol. The van der Waals surface area contributed by atoms with Crippen molar-refractivity contribution < 1.29 is 19.1 Å². The number of carbonyl (C=O) groups is 2. The average Bonchev–Trinajstić information content (AvgIpc) is 3.19. The van der Waals surface area contributed by atoms with Crippen LogP contribution in [-0.2, 0) is 14.3 Å². The molecule has 5 heteroatoms. The molecule has 0 aromatic heterocycles. The van der Waals surface area contributed by atoms with Crippen molar-refractivity contribution in [2.24, 2.45) is 4.99 Å². The monoisotopic (exact) mass is 355 g/mol. The first-order chi connectivity index (χ1) is 13.2. The number of para-hydroxylation sites is 1. The minimum absolute atomic E-state index is 0.0123. The maximum atomic E-state index is 12.3. The fourth-order valence-electron chi connectivity index (χ4n) is 3.68. The summed E-state index contributed by atoms with van der Waals surface area (Å²) in [6, 6.07) is 19.0. The van der Waals surface area contributed by atoms with E-state index in [9.17, 15) is 9.59 Å². The number of hydrogen-bond acceptors (Lipinski definition) is 4. The molecule has 1 heterocycles. The normalized spacial score (nSPS) is 14.4. The minimum Gasteiger partial charge on any atom is -0.465 e. The maximum Gasteiger partial charge on any atom is 0.344 e.